The number of fused-ring (bicyclic) bond motifs is 1. The summed E-state index contributed by atoms with van der Waals surface area (Å²) in [5.74, 6) is -1.46. The van der Waals surface area contributed by atoms with Crippen LogP contribution < -0.4 is 25.4 Å². The Bertz CT molecular complexity index is 1860. The number of aromatic nitrogens is 1. The van der Waals surface area contributed by atoms with Gasteiger partial charge < -0.3 is 35.1 Å². The topological polar surface area (TPSA) is 165 Å². The molecular weight excluding hydrogens is 690 g/mol. The maximum absolute atomic E-state index is 14.6. The van der Waals surface area contributed by atoms with Gasteiger partial charge in [-0.3, -0.25) is 19.2 Å². The minimum Gasteiger partial charge on any atom is -0.497 e. The van der Waals surface area contributed by atoms with E-state index in [0.29, 0.717) is 34.5 Å². The SMILES string of the molecule is CCC[C@H](NC(=O)[C@@H]1C[C@@H](Oc2cc(-c3ccccc3)nc3cc(OC)ccc23)CN1C(=O)C(NC(=O)OC(C)(C)C)C(C)(C)C)C(=O)C(=O)NC1CC1. The van der Waals surface area contributed by atoms with Crippen LogP contribution in [0.15, 0.2) is 54.6 Å². The normalized spacial score (nSPS) is 18.3. The molecule has 0 spiro atoms. The predicted octanol–water partition coefficient (Wildman–Crippen LogP) is 5.33. The molecule has 2 aromatic carbocycles. The lowest BCUT2D eigenvalue weighted by Gasteiger charge is -2.35. The number of alkyl carbamates (subject to hydrolysis) is 1. The van der Waals surface area contributed by atoms with Crippen LogP contribution in [-0.2, 0) is 23.9 Å². The van der Waals surface area contributed by atoms with Crippen LogP contribution in [0.3, 0.4) is 0 Å². The van der Waals surface area contributed by atoms with Gasteiger partial charge in [-0.05, 0) is 57.6 Å². The van der Waals surface area contributed by atoms with Gasteiger partial charge >= 0.3 is 6.09 Å². The number of nitrogens with one attached hydrogen (secondary N) is 3. The zero-order chi connectivity index (χ0) is 39.4. The molecule has 54 heavy (non-hydrogen) atoms. The van der Waals surface area contributed by atoms with Gasteiger partial charge in [-0.25, -0.2) is 9.78 Å². The molecule has 13 heteroatoms. The van der Waals surface area contributed by atoms with Crippen molar-refractivity contribution in [3.05, 3.63) is 54.6 Å². The third-order valence-electron chi connectivity index (χ3n) is 9.31. The number of hydrogen-bond donors (Lipinski definition) is 3. The van der Waals surface area contributed by atoms with Crippen molar-refractivity contribution in [3.63, 3.8) is 0 Å². The zero-order valence-corrected chi connectivity index (χ0v) is 32.5. The Morgan fingerprint density at radius 1 is 0.944 bits per heavy atom. The maximum atomic E-state index is 14.6. The molecule has 3 N–H and O–H groups in total. The standard InChI is InChI=1S/C41H53N5O8/c1-9-13-29(34(47)37(49)42-25-16-17-25)44-36(48)32-21-27(23-46(32)38(50)35(40(2,3)4)45-39(51)54-41(5,6)7)53-33-22-30(24-14-11-10-12-15-24)43-31-20-26(52-8)18-19-28(31)33/h10-12,14-15,18-20,22,25,27,29,32,35H,9,13,16-17,21,23H2,1-8H3,(H,42,49)(H,44,48)(H,45,51)/t27-,29+,32+,35?/m1/s1. The molecule has 4 atom stereocenters. The number of likely N-dealkylation sites (tertiary alicyclic amines) is 1. The number of pyridine rings is 1. The average molecular weight is 744 g/mol. The zero-order valence-electron chi connectivity index (χ0n) is 32.5. The lowest BCUT2D eigenvalue weighted by Crippen LogP contribution is -2.59. The highest BCUT2D eigenvalue weighted by Crippen LogP contribution is 2.35. The van der Waals surface area contributed by atoms with Gasteiger partial charge in [-0.1, -0.05) is 64.4 Å². The Kier molecular flexibility index (Phi) is 12.2. The molecule has 0 bridgehead atoms. The lowest BCUT2D eigenvalue weighted by atomic mass is 9.85. The molecule has 1 unspecified atom stereocenters. The van der Waals surface area contributed by atoms with Crippen LogP contribution in [0.5, 0.6) is 11.5 Å². The highest BCUT2D eigenvalue weighted by molar-refractivity contribution is 6.38. The van der Waals surface area contributed by atoms with Crippen molar-refractivity contribution in [2.75, 3.05) is 13.7 Å². The van der Waals surface area contributed by atoms with E-state index in [0.717, 1.165) is 18.4 Å². The molecule has 0 radical (unpaired) electrons. The van der Waals surface area contributed by atoms with Gasteiger partial charge in [-0.15, -0.1) is 0 Å². The highest BCUT2D eigenvalue weighted by atomic mass is 16.6. The van der Waals surface area contributed by atoms with E-state index in [1.807, 2.05) is 76.2 Å². The molecule has 1 saturated carbocycles. The monoisotopic (exact) mass is 743 g/mol. The van der Waals surface area contributed by atoms with Gasteiger partial charge in [0, 0.05) is 35.5 Å². The fourth-order valence-corrected chi connectivity index (χ4v) is 6.42. The molecule has 1 aliphatic heterocycles. The summed E-state index contributed by atoms with van der Waals surface area (Å²) < 4.78 is 17.7. The third-order valence-corrected chi connectivity index (χ3v) is 9.31. The van der Waals surface area contributed by atoms with Gasteiger partial charge in [0.1, 0.15) is 35.3 Å². The lowest BCUT2D eigenvalue weighted by molar-refractivity contribution is -0.144. The number of amides is 4. The fourth-order valence-electron chi connectivity index (χ4n) is 6.42. The summed E-state index contributed by atoms with van der Waals surface area (Å²) in [6.07, 6.45) is 1.01. The Morgan fingerprint density at radius 3 is 2.26 bits per heavy atom. The Morgan fingerprint density at radius 2 is 1.65 bits per heavy atom. The highest BCUT2D eigenvalue weighted by Gasteiger charge is 2.47. The number of nitrogens with zero attached hydrogens (tertiary/aromatic N) is 2. The maximum Gasteiger partial charge on any atom is 0.408 e. The van der Waals surface area contributed by atoms with E-state index < -0.39 is 64.8 Å². The van der Waals surface area contributed by atoms with Crippen molar-refractivity contribution in [1.29, 1.82) is 0 Å². The van der Waals surface area contributed by atoms with Crippen LogP contribution in [0, 0.1) is 5.41 Å². The van der Waals surface area contributed by atoms with Crippen LogP contribution in [-0.4, -0.2) is 89.0 Å². The van der Waals surface area contributed by atoms with E-state index in [2.05, 4.69) is 16.0 Å². The van der Waals surface area contributed by atoms with Gasteiger partial charge in [-0.2, -0.15) is 0 Å². The Hall–Kier alpha value is -5.20. The summed E-state index contributed by atoms with van der Waals surface area (Å²) in [6.45, 7) is 12.5. The first-order valence-electron chi connectivity index (χ1n) is 18.6. The first-order valence-corrected chi connectivity index (χ1v) is 18.6. The summed E-state index contributed by atoms with van der Waals surface area (Å²) >= 11 is 0. The van der Waals surface area contributed by atoms with E-state index in [1.54, 1.807) is 33.9 Å². The Labute approximate surface area is 316 Å². The minimum absolute atomic E-state index is 0.00526. The second kappa shape index (κ2) is 16.4. The number of carbonyl (C=O) groups excluding carboxylic acids is 5. The molecular formula is C41H53N5O8. The smallest absolute Gasteiger partial charge is 0.408 e. The average Bonchev–Trinajstić information content (AvgIpc) is 3.83. The van der Waals surface area contributed by atoms with Crippen molar-refractivity contribution >= 4 is 40.5 Å². The van der Waals surface area contributed by atoms with Crippen LogP contribution >= 0.6 is 0 Å². The second-order valence-corrected chi connectivity index (χ2v) is 16.1. The number of ether oxygens (including phenoxy) is 3. The van der Waals surface area contributed by atoms with Crippen LogP contribution in [0.1, 0.15) is 80.6 Å². The number of rotatable bonds is 13. The molecule has 5 rings (SSSR count). The number of ketones is 1. The van der Waals surface area contributed by atoms with Crippen molar-refractivity contribution in [2.24, 2.45) is 5.41 Å². The van der Waals surface area contributed by atoms with Crippen LogP contribution in [0.2, 0.25) is 0 Å². The molecule has 1 aromatic heterocycles. The summed E-state index contributed by atoms with van der Waals surface area (Å²) in [7, 11) is 1.58. The van der Waals surface area contributed by atoms with Crippen molar-refractivity contribution < 1.29 is 38.2 Å². The van der Waals surface area contributed by atoms with E-state index >= 15 is 0 Å². The summed E-state index contributed by atoms with van der Waals surface area (Å²) in [6, 6.07) is 13.7. The third kappa shape index (κ3) is 10.1. The minimum atomic E-state index is -1.09. The van der Waals surface area contributed by atoms with Gasteiger partial charge in [0.15, 0.2) is 0 Å². The predicted molar refractivity (Wildman–Crippen MR) is 204 cm³/mol. The van der Waals surface area contributed by atoms with Gasteiger partial charge in [0.2, 0.25) is 17.6 Å². The second-order valence-electron chi connectivity index (χ2n) is 16.1. The number of hydrogen-bond acceptors (Lipinski definition) is 9. The molecule has 4 amide bonds. The molecule has 3 aromatic rings. The molecule has 2 fully saturated rings. The largest absolute Gasteiger partial charge is 0.497 e. The number of carbonyl (C=O) groups is 5. The number of benzene rings is 2. The fraction of sp³-hybridized carbons (Fsp3) is 0.512. The first kappa shape index (κ1) is 40.0. The van der Waals surface area contributed by atoms with Crippen molar-refractivity contribution in [2.45, 2.75) is 116 Å². The van der Waals surface area contributed by atoms with Gasteiger partial charge in [0.05, 0.1) is 30.9 Å². The van der Waals surface area contributed by atoms with Crippen molar-refractivity contribution in [1.82, 2.24) is 25.8 Å². The molecule has 13 nitrogen and oxygen atoms in total. The van der Waals surface area contributed by atoms with E-state index in [1.165, 1.54) is 4.90 Å². The molecule has 2 aliphatic rings. The Balaban J connectivity index is 1.49. The summed E-state index contributed by atoms with van der Waals surface area (Å²) in [5.41, 5.74) is 0.552. The molecule has 1 saturated heterocycles. The molecule has 1 aliphatic carbocycles. The van der Waals surface area contributed by atoms with E-state index in [-0.39, 0.29) is 25.4 Å². The van der Waals surface area contributed by atoms with E-state index in [9.17, 15) is 24.0 Å². The first-order chi connectivity index (χ1) is 25.5. The number of Topliss-reactive ketones (excluding diaryl/α,β-unsaturated/α-hetero) is 1. The molecule has 290 valence electrons. The van der Waals surface area contributed by atoms with Crippen LogP contribution in [0.25, 0.3) is 22.2 Å². The molecule has 2 heterocycles. The summed E-state index contributed by atoms with van der Waals surface area (Å²) in [4.78, 5) is 74.1. The van der Waals surface area contributed by atoms with Gasteiger partial charge in [0.25, 0.3) is 5.91 Å². The van der Waals surface area contributed by atoms with Crippen LogP contribution in [0.4, 0.5) is 4.79 Å². The van der Waals surface area contributed by atoms with E-state index in [4.69, 9.17) is 19.2 Å². The quantitative estimate of drug-likeness (QED) is 0.196. The number of methoxy groups -OCH3 is 1. The summed E-state index contributed by atoms with van der Waals surface area (Å²) in [5, 5.41) is 8.95. The van der Waals surface area contributed by atoms with Crippen molar-refractivity contribution in [3.8, 4) is 22.8 Å².